The van der Waals surface area contributed by atoms with Crippen LogP contribution in [0.15, 0.2) is 35.1 Å². The second kappa shape index (κ2) is 4.15. The van der Waals surface area contributed by atoms with Gasteiger partial charge in [-0.1, -0.05) is 12.1 Å². The second-order valence-electron chi connectivity index (χ2n) is 4.95. The maximum atomic E-state index is 12.7. The maximum absolute atomic E-state index is 12.7. The van der Waals surface area contributed by atoms with E-state index in [-0.39, 0.29) is 12.2 Å². The third-order valence-corrected chi connectivity index (χ3v) is 3.89. The maximum Gasteiger partial charge on any atom is 0.231 e. The Hall–Kier alpha value is -2.69. The Kier molecular flexibility index (Phi) is 2.39. The van der Waals surface area contributed by atoms with Gasteiger partial charge in [-0.15, -0.1) is 0 Å². The minimum atomic E-state index is -0.0321. The van der Waals surface area contributed by atoms with E-state index < -0.39 is 0 Å². The van der Waals surface area contributed by atoms with Gasteiger partial charge in [0.25, 0.3) is 0 Å². The lowest BCUT2D eigenvalue weighted by atomic mass is 10.1. The van der Waals surface area contributed by atoms with Crippen molar-refractivity contribution in [1.82, 2.24) is 4.57 Å². The molecule has 0 atom stereocenters. The van der Waals surface area contributed by atoms with Crippen molar-refractivity contribution in [2.24, 2.45) is 7.05 Å². The molecule has 0 bridgehead atoms. The van der Waals surface area contributed by atoms with Crippen LogP contribution in [0.5, 0.6) is 17.2 Å². The first-order chi connectivity index (χ1) is 10.2. The van der Waals surface area contributed by atoms with E-state index in [1.54, 1.807) is 13.2 Å². The lowest BCUT2D eigenvalue weighted by Crippen LogP contribution is -2.09. The van der Waals surface area contributed by atoms with Crippen LogP contribution in [0.2, 0.25) is 0 Å². The van der Waals surface area contributed by atoms with Crippen LogP contribution in [-0.2, 0) is 7.05 Å². The molecule has 4 rings (SSSR count). The van der Waals surface area contributed by atoms with Gasteiger partial charge >= 0.3 is 0 Å². The van der Waals surface area contributed by atoms with Gasteiger partial charge in [-0.25, -0.2) is 0 Å². The molecule has 0 fully saturated rings. The van der Waals surface area contributed by atoms with Gasteiger partial charge in [-0.2, -0.15) is 0 Å². The average molecular weight is 283 g/mol. The van der Waals surface area contributed by atoms with E-state index in [9.17, 15) is 4.79 Å². The van der Waals surface area contributed by atoms with Crippen molar-refractivity contribution in [3.05, 3.63) is 40.6 Å². The van der Waals surface area contributed by atoms with Crippen LogP contribution in [0.4, 0.5) is 0 Å². The molecule has 0 aliphatic carbocycles. The summed E-state index contributed by atoms with van der Waals surface area (Å²) >= 11 is 0. The van der Waals surface area contributed by atoms with Crippen LogP contribution < -0.4 is 19.6 Å². The number of rotatable bonds is 1. The van der Waals surface area contributed by atoms with Gasteiger partial charge in [0.2, 0.25) is 12.5 Å². The normalized spacial score (nSPS) is 13.0. The first kappa shape index (κ1) is 12.1. The molecule has 1 aliphatic rings. The van der Waals surface area contributed by atoms with E-state index in [4.69, 9.17) is 14.2 Å². The molecule has 0 saturated carbocycles. The highest BCUT2D eigenvalue weighted by molar-refractivity contribution is 5.98. The smallest absolute Gasteiger partial charge is 0.231 e. The van der Waals surface area contributed by atoms with Crippen molar-refractivity contribution < 1.29 is 14.2 Å². The Morgan fingerprint density at radius 2 is 1.90 bits per heavy atom. The highest BCUT2D eigenvalue weighted by atomic mass is 16.7. The van der Waals surface area contributed by atoms with Crippen molar-refractivity contribution in [2.45, 2.75) is 0 Å². The fourth-order valence-electron chi connectivity index (χ4n) is 2.91. The molecule has 0 spiro atoms. The Balaban J connectivity index is 2.30. The van der Waals surface area contributed by atoms with Crippen molar-refractivity contribution >= 4 is 21.8 Å². The molecule has 3 aromatic rings. The van der Waals surface area contributed by atoms with E-state index in [0.717, 1.165) is 11.0 Å². The van der Waals surface area contributed by atoms with Crippen molar-refractivity contribution in [3.63, 3.8) is 0 Å². The number of pyridine rings is 1. The molecule has 21 heavy (non-hydrogen) atoms. The summed E-state index contributed by atoms with van der Waals surface area (Å²) in [5.41, 5.74) is 1.56. The number of fused-ring (bicyclic) bond motifs is 4. The summed E-state index contributed by atoms with van der Waals surface area (Å²) in [6.45, 7) is 0.131. The van der Waals surface area contributed by atoms with Gasteiger partial charge in [0, 0.05) is 12.4 Å². The molecular formula is C16H13NO4. The quantitative estimate of drug-likeness (QED) is 0.644. The monoisotopic (exact) mass is 283 g/mol. The second-order valence-corrected chi connectivity index (χ2v) is 4.95. The number of aryl methyl sites for hydroxylation is 1. The number of nitrogens with zero attached hydrogens (tertiary/aromatic N) is 1. The molecule has 1 aliphatic heterocycles. The van der Waals surface area contributed by atoms with Crippen LogP contribution in [0.25, 0.3) is 21.8 Å². The number of hydrogen-bond donors (Lipinski definition) is 0. The fourth-order valence-corrected chi connectivity index (χ4v) is 2.91. The van der Waals surface area contributed by atoms with Crippen LogP contribution in [-0.4, -0.2) is 18.5 Å². The van der Waals surface area contributed by atoms with Gasteiger partial charge in [0.15, 0.2) is 16.9 Å². The number of benzene rings is 2. The summed E-state index contributed by atoms with van der Waals surface area (Å²) < 4.78 is 18.3. The zero-order chi connectivity index (χ0) is 14.6. The van der Waals surface area contributed by atoms with Crippen LogP contribution in [0.3, 0.4) is 0 Å². The summed E-state index contributed by atoms with van der Waals surface area (Å²) in [5, 5.41) is 1.24. The molecule has 0 radical (unpaired) electrons. The molecule has 5 heteroatoms. The molecule has 1 aromatic heterocycles. The van der Waals surface area contributed by atoms with Gasteiger partial charge in [-0.05, 0) is 18.2 Å². The topological polar surface area (TPSA) is 49.7 Å². The van der Waals surface area contributed by atoms with Crippen molar-refractivity contribution in [1.29, 1.82) is 0 Å². The molecule has 106 valence electrons. The molecular weight excluding hydrogens is 270 g/mol. The number of hydrogen-bond acceptors (Lipinski definition) is 4. The third kappa shape index (κ3) is 1.48. The Labute approximate surface area is 120 Å². The number of para-hydroxylation sites is 1. The largest absolute Gasteiger partial charge is 0.493 e. The number of methoxy groups -OCH3 is 1. The van der Waals surface area contributed by atoms with E-state index in [0.29, 0.717) is 28.0 Å². The van der Waals surface area contributed by atoms with Gasteiger partial charge in [0.1, 0.15) is 0 Å². The highest BCUT2D eigenvalue weighted by Crippen LogP contribution is 2.46. The Morgan fingerprint density at radius 3 is 2.71 bits per heavy atom. The first-order valence-corrected chi connectivity index (χ1v) is 6.60. The van der Waals surface area contributed by atoms with Gasteiger partial charge < -0.3 is 18.8 Å². The zero-order valence-corrected chi connectivity index (χ0v) is 11.7. The summed E-state index contributed by atoms with van der Waals surface area (Å²) in [6.07, 6.45) is 0. The van der Waals surface area contributed by atoms with Crippen molar-refractivity contribution in [3.8, 4) is 17.2 Å². The van der Waals surface area contributed by atoms with Crippen LogP contribution >= 0.6 is 0 Å². The van der Waals surface area contributed by atoms with Crippen molar-refractivity contribution in [2.75, 3.05) is 13.9 Å². The fraction of sp³-hybridized carbons (Fsp3) is 0.188. The Bertz CT molecular complexity index is 943. The van der Waals surface area contributed by atoms with Crippen LogP contribution in [0.1, 0.15) is 0 Å². The van der Waals surface area contributed by atoms with Crippen LogP contribution in [0, 0.1) is 0 Å². The van der Waals surface area contributed by atoms with Gasteiger partial charge in [0.05, 0.1) is 23.5 Å². The summed E-state index contributed by atoms with van der Waals surface area (Å²) in [4.78, 5) is 12.7. The summed E-state index contributed by atoms with van der Waals surface area (Å²) in [6, 6.07) is 9.24. The number of ether oxygens (including phenoxy) is 3. The predicted molar refractivity (Wildman–Crippen MR) is 79.4 cm³/mol. The molecule has 0 N–H and O–H groups in total. The van der Waals surface area contributed by atoms with E-state index in [2.05, 4.69) is 0 Å². The lowest BCUT2D eigenvalue weighted by molar-refractivity contribution is 0.171. The molecule has 0 unspecified atom stereocenters. The molecule has 0 saturated heterocycles. The minimum Gasteiger partial charge on any atom is -0.493 e. The molecule has 2 aromatic carbocycles. The van der Waals surface area contributed by atoms with E-state index in [1.807, 2.05) is 35.9 Å². The Morgan fingerprint density at radius 1 is 1.14 bits per heavy atom. The van der Waals surface area contributed by atoms with E-state index >= 15 is 0 Å². The summed E-state index contributed by atoms with van der Waals surface area (Å²) in [7, 11) is 3.47. The average Bonchev–Trinajstić information content (AvgIpc) is 3.00. The van der Waals surface area contributed by atoms with Gasteiger partial charge in [-0.3, -0.25) is 4.79 Å². The minimum absolute atomic E-state index is 0.0321. The number of aromatic nitrogens is 1. The first-order valence-electron chi connectivity index (χ1n) is 6.60. The highest BCUT2D eigenvalue weighted by Gasteiger charge is 2.25. The third-order valence-electron chi connectivity index (χ3n) is 3.89. The van der Waals surface area contributed by atoms with E-state index in [1.165, 1.54) is 0 Å². The SMILES string of the molecule is COc1cc2c(=O)c3ccccc3n(C)c2c2c1OCO2. The zero-order valence-electron chi connectivity index (χ0n) is 11.7. The standard InChI is InChI=1S/C16H13NO4/c1-17-11-6-4-3-5-9(11)14(18)10-7-12(19-2)15-16(13(10)17)21-8-20-15/h3-7H,8H2,1-2H3. The molecule has 2 heterocycles. The summed E-state index contributed by atoms with van der Waals surface area (Å²) in [5.74, 6) is 1.63. The lowest BCUT2D eigenvalue weighted by Gasteiger charge is -2.13. The molecule has 5 nitrogen and oxygen atoms in total. The predicted octanol–water partition coefficient (Wildman–Crippen LogP) is 2.43. The molecule has 0 amide bonds.